The first kappa shape index (κ1) is 19.5. The van der Waals surface area contributed by atoms with E-state index in [0.717, 1.165) is 11.1 Å². The fraction of sp³-hybridized carbons (Fsp3) is 0.333. The van der Waals surface area contributed by atoms with E-state index in [1.54, 1.807) is 12.1 Å². The predicted octanol–water partition coefficient (Wildman–Crippen LogP) is 3.52. The average Bonchev–Trinajstić information content (AvgIpc) is 2.59. The predicted molar refractivity (Wildman–Crippen MR) is 92.0 cm³/mol. The van der Waals surface area contributed by atoms with Gasteiger partial charge in [0.25, 0.3) is 5.92 Å². The van der Waals surface area contributed by atoms with Gasteiger partial charge in [0.15, 0.2) is 0 Å². The quantitative estimate of drug-likeness (QED) is 0.688. The fourth-order valence-corrected chi connectivity index (χ4v) is 3.14. The lowest BCUT2D eigenvalue weighted by atomic mass is 10.2. The molecule has 2 aromatic rings. The van der Waals surface area contributed by atoms with Gasteiger partial charge in [-0.3, -0.25) is 0 Å². The van der Waals surface area contributed by atoms with E-state index in [1.165, 1.54) is 12.1 Å². The number of nitrogens with one attached hydrogen (secondary N) is 1. The number of sulfonamides is 1. The molecule has 0 saturated carbocycles. The van der Waals surface area contributed by atoms with Crippen LogP contribution in [0.5, 0.6) is 0 Å². The molecule has 2 aromatic carbocycles. The third kappa shape index (κ3) is 6.53. The smallest absolute Gasteiger partial charge is 0.263 e. The van der Waals surface area contributed by atoms with Gasteiger partial charge in [-0.1, -0.05) is 48.0 Å². The average molecular weight is 369 g/mol. The standard InChI is InChI=1S/C18H21F2NO3S/c1-15-7-9-17(10-8-15)25(22,23)21-14-18(19,20)11-12-24-13-16-5-3-2-4-6-16/h2-10,21H,11-14H2,1H3. The van der Waals surface area contributed by atoms with Crippen LogP contribution in [0.4, 0.5) is 8.78 Å². The van der Waals surface area contributed by atoms with E-state index >= 15 is 0 Å². The third-order valence-electron chi connectivity index (χ3n) is 3.58. The lowest BCUT2D eigenvalue weighted by molar-refractivity contribution is -0.0302. The molecule has 2 rings (SSSR count). The SMILES string of the molecule is Cc1ccc(S(=O)(=O)NCC(F)(F)CCOCc2ccccc2)cc1. The van der Waals surface area contributed by atoms with Crippen molar-refractivity contribution >= 4 is 10.0 Å². The van der Waals surface area contributed by atoms with Crippen molar-refractivity contribution in [1.29, 1.82) is 0 Å². The summed E-state index contributed by atoms with van der Waals surface area (Å²) in [7, 11) is -3.95. The van der Waals surface area contributed by atoms with E-state index < -0.39 is 28.9 Å². The Bertz CT molecular complexity index is 763. The highest BCUT2D eigenvalue weighted by atomic mass is 32.2. The molecule has 1 N–H and O–H groups in total. The van der Waals surface area contributed by atoms with Gasteiger partial charge in [0, 0.05) is 6.42 Å². The van der Waals surface area contributed by atoms with E-state index in [-0.39, 0.29) is 18.1 Å². The van der Waals surface area contributed by atoms with Gasteiger partial charge in [0.1, 0.15) is 0 Å². The summed E-state index contributed by atoms with van der Waals surface area (Å²) in [6, 6.07) is 15.2. The van der Waals surface area contributed by atoms with Crippen LogP contribution >= 0.6 is 0 Å². The Morgan fingerprint density at radius 1 is 1.04 bits per heavy atom. The summed E-state index contributed by atoms with van der Waals surface area (Å²) in [5, 5.41) is 0. The monoisotopic (exact) mass is 369 g/mol. The molecule has 0 aromatic heterocycles. The maximum absolute atomic E-state index is 13.9. The van der Waals surface area contributed by atoms with E-state index in [4.69, 9.17) is 4.74 Å². The van der Waals surface area contributed by atoms with Crippen molar-refractivity contribution in [1.82, 2.24) is 4.72 Å². The molecule has 4 nitrogen and oxygen atoms in total. The molecule has 0 aliphatic heterocycles. The Morgan fingerprint density at radius 3 is 2.32 bits per heavy atom. The topological polar surface area (TPSA) is 55.4 Å². The van der Waals surface area contributed by atoms with Crippen molar-refractivity contribution in [3.8, 4) is 0 Å². The van der Waals surface area contributed by atoms with Crippen molar-refractivity contribution in [2.75, 3.05) is 13.2 Å². The van der Waals surface area contributed by atoms with Gasteiger partial charge in [0.2, 0.25) is 10.0 Å². The van der Waals surface area contributed by atoms with Gasteiger partial charge in [0.05, 0.1) is 24.7 Å². The summed E-state index contributed by atoms with van der Waals surface area (Å²) < 4.78 is 59.0. The summed E-state index contributed by atoms with van der Waals surface area (Å²) in [5.41, 5.74) is 1.78. The molecule has 0 spiro atoms. The Kier molecular flexibility index (Phi) is 6.64. The number of hydrogen-bond acceptors (Lipinski definition) is 3. The second-order valence-electron chi connectivity index (χ2n) is 5.78. The van der Waals surface area contributed by atoms with Gasteiger partial charge >= 0.3 is 0 Å². The van der Waals surface area contributed by atoms with Crippen LogP contribution in [-0.2, 0) is 21.4 Å². The van der Waals surface area contributed by atoms with Crippen LogP contribution in [0.25, 0.3) is 0 Å². The number of alkyl halides is 2. The number of hydrogen-bond donors (Lipinski definition) is 1. The lowest BCUT2D eigenvalue weighted by Crippen LogP contribution is -2.37. The second kappa shape index (κ2) is 8.51. The van der Waals surface area contributed by atoms with Crippen LogP contribution in [0, 0.1) is 6.92 Å². The van der Waals surface area contributed by atoms with Crippen LogP contribution in [-0.4, -0.2) is 27.5 Å². The minimum Gasteiger partial charge on any atom is -0.377 e. The number of halogens is 2. The Labute approximate surface area is 146 Å². The van der Waals surface area contributed by atoms with Crippen molar-refractivity contribution < 1.29 is 21.9 Å². The van der Waals surface area contributed by atoms with Gasteiger partial charge in [-0.25, -0.2) is 21.9 Å². The first-order valence-electron chi connectivity index (χ1n) is 7.84. The summed E-state index contributed by atoms with van der Waals surface area (Å²) in [4.78, 5) is -0.0331. The highest BCUT2D eigenvalue weighted by Crippen LogP contribution is 2.19. The first-order chi connectivity index (χ1) is 11.8. The molecular weight excluding hydrogens is 348 g/mol. The number of rotatable bonds is 9. The zero-order valence-electron chi connectivity index (χ0n) is 13.9. The Morgan fingerprint density at radius 2 is 1.68 bits per heavy atom. The summed E-state index contributed by atoms with van der Waals surface area (Å²) in [6.45, 7) is 0.936. The molecule has 25 heavy (non-hydrogen) atoms. The van der Waals surface area contributed by atoms with Crippen LogP contribution in [0.2, 0.25) is 0 Å². The lowest BCUT2D eigenvalue weighted by Gasteiger charge is -2.17. The van der Waals surface area contributed by atoms with E-state index in [2.05, 4.69) is 0 Å². The van der Waals surface area contributed by atoms with Crippen LogP contribution in [0.1, 0.15) is 17.5 Å². The summed E-state index contributed by atoms with van der Waals surface area (Å²) in [6.07, 6.45) is -0.559. The van der Waals surface area contributed by atoms with E-state index in [1.807, 2.05) is 42.0 Å². The maximum atomic E-state index is 13.9. The van der Waals surface area contributed by atoms with E-state index in [9.17, 15) is 17.2 Å². The molecule has 0 radical (unpaired) electrons. The second-order valence-corrected chi connectivity index (χ2v) is 7.55. The molecule has 0 unspecified atom stereocenters. The molecule has 7 heteroatoms. The molecule has 0 bridgehead atoms. The zero-order valence-corrected chi connectivity index (χ0v) is 14.7. The minimum atomic E-state index is -3.95. The molecule has 0 atom stereocenters. The fourth-order valence-electron chi connectivity index (χ4n) is 2.08. The minimum absolute atomic E-state index is 0.0331. The molecular formula is C18H21F2NO3S. The molecule has 0 amide bonds. The van der Waals surface area contributed by atoms with Gasteiger partial charge < -0.3 is 4.74 Å². The Balaban J connectivity index is 1.79. The van der Waals surface area contributed by atoms with E-state index in [0.29, 0.717) is 0 Å². The van der Waals surface area contributed by atoms with Crippen molar-refractivity contribution in [2.45, 2.75) is 30.8 Å². The molecule has 0 aliphatic carbocycles. The molecule has 0 heterocycles. The van der Waals surface area contributed by atoms with Crippen molar-refractivity contribution in [3.05, 3.63) is 65.7 Å². The molecule has 0 fully saturated rings. The normalized spacial score (nSPS) is 12.3. The molecule has 136 valence electrons. The van der Waals surface area contributed by atoms with Crippen LogP contribution in [0.3, 0.4) is 0 Å². The van der Waals surface area contributed by atoms with Crippen LogP contribution < -0.4 is 4.72 Å². The van der Waals surface area contributed by atoms with Gasteiger partial charge in [-0.15, -0.1) is 0 Å². The molecule has 0 saturated heterocycles. The largest absolute Gasteiger partial charge is 0.377 e. The number of ether oxygens (including phenoxy) is 1. The number of aryl methyl sites for hydroxylation is 1. The first-order valence-corrected chi connectivity index (χ1v) is 9.33. The highest BCUT2D eigenvalue weighted by Gasteiger charge is 2.30. The summed E-state index contributed by atoms with van der Waals surface area (Å²) >= 11 is 0. The van der Waals surface area contributed by atoms with Gasteiger partial charge in [-0.2, -0.15) is 0 Å². The maximum Gasteiger partial charge on any atom is 0.263 e. The third-order valence-corrected chi connectivity index (χ3v) is 4.99. The van der Waals surface area contributed by atoms with Crippen molar-refractivity contribution in [3.63, 3.8) is 0 Å². The Hall–Kier alpha value is -1.83. The van der Waals surface area contributed by atoms with Crippen molar-refractivity contribution in [2.24, 2.45) is 0 Å². The zero-order chi connectivity index (χ0) is 18.3. The molecule has 0 aliphatic rings. The number of benzene rings is 2. The highest BCUT2D eigenvalue weighted by molar-refractivity contribution is 7.89. The summed E-state index contributed by atoms with van der Waals surface area (Å²) in [5.74, 6) is -3.19. The van der Waals surface area contributed by atoms with Gasteiger partial charge in [-0.05, 0) is 24.6 Å². The van der Waals surface area contributed by atoms with Crippen LogP contribution in [0.15, 0.2) is 59.5 Å².